The first-order valence-corrected chi connectivity index (χ1v) is 14.9. The van der Waals surface area contributed by atoms with E-state index in [-0.39, 0.29) is 5.25 Å². The minimum absolute atomic E-state index is 0.191. The number of rotatable bonds is 11. The monoisotopic (exact) mass is 546 g/mol. The molecule has 3 nitrogen and oxygen atoms in total. The lowest BCUT2D eigenvalue weighted by atomic mass is 10.1. The third kappa shape index (κ3) is 8.83. The van der Waals surface area contributed by atoms with Crippen LogP contribution in [0.1, 0.15) is 57.9 Å². The van der Waals surface area contributed by atoms with Gasteiger partial charge < -0.3 is 9.47 Å². The molecule has 0 saturated heterocycles. The Balaban J connectivity index is 0.000000221. The molecule has 36 heavy (non-hydrogen) atoms. The fraction of sp³-hybridized carbons (Fsp3) is 0.400. The molecule has 0 bridgehead atoms. The summed E-state index contributed by atoms with van der Waals surface area (Å²) in [6.07, 6.45) is 8.32. The van der Waals surface area contributed by atoms with Crippen LogP contribution in [0.4, 0.5) is 0 Å². The lowest BCUT2D eigenvalue weighted by Gasteiger charge is -2.12. The van der Waals surface area contributed by atoms with E-state index in [1.54, 1.807) is 0 Å². The Morgan fingerprint density at radius 3 is 2.03 bits per heavy atom. The molecule has 6 heteroatoms. The highest BCUT2D eigenvalue weighted by atomic mass is 35.5. The Hall–Kier alpha value is -2.01. The fourth-order valence-corrected chi connectivity index (χ4v) is 5.82. The number of benzene rings is 3. The summed E-state index contributed by atoms with van der Waals surface area (Å²) in [5.74, 6) is 2.45. The molecule has 4 rings (SSSR count). The molecule has 3 aromatic carbocycles. The molecule has 0 spiro atoms. The highest BCUT2D eigenvalue weighted by Gasteiger charge is 2.16. The van der Waals surface area contributed by atoms with E-state index in [0.717, 1.165) is 51.3 Å². The number of halogens is 2. The van der Waals surface area contributed by atoms with Crippen LogP contribution in [0.3, 0.4) is 0 Å². The summed E-state index contributed by atoms with van der Waals surface area (Å²) < 4.78 is 23.0. The van der Waals surface area contributed by atoms with Crippen molar-refractivity contribution >= 4 is 34.0 Å². The van der Waals surface area contributed by atoms with Gasteiger partial charge in [-0.3, -0.25) is 4.21 Å². The van der Waals surface area contributed by atoms with Gasteiger partial charge in [0, 0.05) is 43.0 Å². The van der Waals surface area contributed by atoms with Crippen LogP contribution in [0.15, 0.2) is 66.7 Å². The SMILES string of the molecule is CCCCCCCCS(=O)C(C)Cc1ccc2c(c1)OCO2.Clc1ccccc1-c1ccccc1Cl. The van der Waals surface area contributed by atoms with Crippen LogP contribution in [0.2, 0.25) is 10.0 Å². The van der Waals surface area contributed by atoms with E-state index in [4.69, 9.17) is 32.7 Å². The van der Waals surface area contributed by atoms with E-state index in [2.05, 4.69) is 13.8 Å². The summed E-state index contributed by atoms with van der Waals surface area (Å²) >= 11 is 12.1. The standard InChI is InChI=1S/C18H28O3S.C12H8Cl2/c1-3-4-5-6-7-8-11-22(19)15(2)12-16-9-10-17-18(13-16)21-14-20-17;13-11-7-3-1-5-9(11)10-6-2-4-8-12(10)14/h9-10,13,15H,3-8,11-12,14H2,1-2H3;1-8H. The average molecular weight is 548 g/mol. The topological polar surface area (TPSA) is 35.5 Å². The van der Waals surface area contributed by atoms with E-state index in [9.17, 15) is 4.21 Å². The highest BCUT2D eigenvalue weighted by Crippen LogP contribution is 2.33. The normalized spacial score (nSPS) is 13.6. The third-order valence-electron chi connectivity index (χ3n) is 6.15. The molecule has 3 aromatic rings. The van der Waals surface area contributed by atoms with E-state index >= 15 is 0 Å². The summed E-state index contributed by atoms with van der Waals surface area (Å²) in [5.41, 5.74) is 3.12. The minimum atomic E-state index is -0.743. The summed E-state index contributed by atoms with van der Waals surface area (Å²) in [4.78, 5) is 0. The first-order valence-electron chi connectivity index (χ1n) is 12.7. The maximum absolute atomic E-state index is 12.3. The minimum Gasteiger partial charge on any atom is -0.454 e. The van der Waals surface area contributed by atoms with Gasteiger partial charge in [-0.1, -0.05) is 112 Å². The largest absolute Gasteiger partial charge is 0.454 e. The van der Waals surface area contributed by atoms with Crippen LogP contribution in [0.25, 0.3) is 11.1 Å². The molecule has 2 unspecified atom stereocenters. The Morgan fingerprint density at radius 1 is 0.806 bits per heavy atom. The molecular weight excluding hydrogens is 511 g/mol. The smallest absolute Gasteiger partial charge is 0.231 e. The number of ether oxygens (including phenoxy) is 2. The van der Waals surface area contributed by atoms with Gasteiger partial charge in [-0.15, -0.1) is 0 Å². The van der Waals surface area contributed by atoms with Gasteiger partial charge in [0.25, 0.3) is 0 Å². The van der Waals surface area contributed by atoms with Crippen molar-refractivity contribution in [2.75, 3.05) is 12.5 Å². The predicted octanol–water partition coefficient (Wildman–Crippen LogP) is 9.12. The van der Waals surface area contributed by atoms with Gasteiger partial charge in [0.15, 0.2) is 11.5 Å². The van der Waals surface area contributed by atoms with Gasteiger partial charge in [0.2, 0.25) is 6.79 Å². The highest BCUT2D eigenvalue weighted by molar-refractivity contribution is 7.85. The zero-order valence-electron chi connectivity index (χ0n) is 21.2. The van der Waals surface area contributed by atoms with E-state index in [0.29, 0.717) is 6.79 Å². The molecule has 1 heterocycles. The number of hydrogen-bond donors (Lipinski definition) is 0. The van der Waals surface area contributed by atoms with Crippen LogP contribution in [0, 0.1) is 0 Å². The molecule has 194 valence electrons. The summed E-state index contributed by atoms with van der Waals surface area (Å²) in [6.45, 7) is 4.61. The van der Waals surface area contributed by atoms with Crippen LogP contribution in [-0.2, 0) is 17.2 Å². The van der Waals surface area contributed by atoms with Crippen molar-refractivity contribution in [1.29, 1.82) is 0 Å². The molecule has 0 saturated carbocycles. The average Bonchev–Trinajstić information content (AvgIpc) is 3.35. The number of hydrogen-bond acceptors (Lipinski definition) is 3. The van der Waals surface area contributed by atoms with Gasteiger partial charge in [-0.25, -0.2) is 0 Å². The van der Waals surface area contributed by atoms with Gasteiger partial charge in [-0.05, 0) is 42.7 Å². The van der Waals surface area contributed by atoms with Crippen LogP contribution in [-0.4, -0.2) is 22.0 Å². The fourth-order valence-electron chi connectivity index (χ4n) is 4.08. The van der Waals surface area contributed by atoms with Crippen LogP contribution < -0.4 is 9.47 Å². The second kappa shape index (κ2) is 15.3. The second-order valence-electron chi connectivity index (χ2n) is 9.01. The Morgan fingerprint density at radius 2 is 1.39 bits per heavy atom. The van der Waals surface area contributed by atoms with E-state index in [1.165, 1.54) is 37.7 Å². The van der Waals surface area contributed by atoms with Gasteiger partial charge in [0.1, 0.15) is 0 Å². The van der Waals surface area contributed by atoms with Crippen molar-refractivity contribution in [2.24, 2.45) is 0 Å². The first kappa shape index (κ1) is 28.6. The Bertz CT molecular complexity index is 1080. The maximum Gasteiger partial charge on any atom is 0.231 e. The van der Waals surface area contributed by atoms with Crippen molar-refractivity contribution < 1.29 is 13.7 Å². The predicted molar refractivity (Wildman–Crippen MR) is 154 cm³/mol. The van der Waals surface area contributed by atoms with Crippen molar-refractivity contribution in [3.05, 3.63) is 82.3 Å². The van der Waals surface area contributed by atoms with E-state index < -0.39 is 10.8 Å². The zero-order chi connectivity index (χ0) is 25.8. The van der Waals surface area contributed by atoms with Crippen molar-refractivity contribution in [1.82, 2.24) is 0 Å². The van der Waals surface area contributed by atoms with Crippen molar-refractivity contribution in [3.63, 3.8) is 0 Å². The van der Waals surface area contributed by atoms with Gasteiger partial charge in [-0.2, -0.15) is 0 Å². The molecule has 1 aliphatic heterocycles. The summed E-state index contributed by atoms with van der Waals surface area (Å²) in [7, 11) is -0.743. The molecule has 0 radical (unpaired) electrons. The van der Waals surface area contributed by atoms with Crippen LogP contribution in [0.5, 0.6) is 11.5 Å². The molecular formula is C30H36Cl2O3S. The summed E-state index contributed by atoms with van der Waals surface area (Å²) in [6, 6.07) is 21.4. The quantitative estimate of drug-likeness (QED) is 0.225. The number of unbranched alkanes of at least 4 members (excludes halogenated alkanes) is 5. The van der Waals surface area contributed by atoms with Crippen molar-refractivity contribution in [3.8, 4) is 22.6 Å². The second-order valence-corrected chi connectivity index (χ2v) is 11.8. The maximum atomic E-state index is 12.3. The molecule has 0 aliphatic carbocycles. The molecule has 0 N–H and O–H groups in total. The van der Waals surface area contributed by atoms with Gasteiger partial charge in [0.05, 0.1) is 0 Å². The lowest BCUT2D eigenvalue weighted by Crippen LogP contribution is -2.16. The lowest BCUT2D eigenvalue weighted by molar-refractivity contribution is 0.174. The zero-order valence-corrected chi connectivity index (χ0v) is 23.5. The molecule has 0 aromatic heterocycles. The summed E-state index contributed by atoms with van der Waals surface area (Å²) in [5, 5.41) is 1.64. The molecule has 0 fully saturated rings. The molecule has 1 aliphatic rings. The third-order valence-corrected chi connectivity index (χ3v) is 8.56. The van der Waals surface area contributed by atoms with Gasteiger partial charge >= 0.3 is 0 Å². The Labute approximate surface area is 228 Å². The number of fused-ring (bicyclic) bond motifs is 1. The molecule has 0 amide bonds. The van der Waals surface area contributed by atoms with E-state index in [1.807, 2.05) is 66.7 Å². The molecule has 2 atom stereocenters. The van der Waals surface area contributed by atoms with Crippen molar-refractivity contribution in [2.45, 2.75) is 64.0 Å². The first-order chi connectivity index (χ1) is 17.5. The Kier molecular flexibility index (Phi) is 12.1. The van der Waals surface area contributed by atoms with Crippen LogP contribution >= 0.6 is 23.2 Å².